The molecule has 1 aromatic carbocycles. The number of hydrogen-bond acceptors (Lipinski definition) is 2. The lowest BCUT2D eigenvalue weighted by Crippen LogP contribution is -2.41. The molecule has 0 unspecified atom stereocenters. The highest BCUT2D eigenvalue weighted by Crippen LogP contribution is 2.13. The van der Waals surface area contributed by atoms with E-state index in [0.717, 1.165) is 5.75 Å². The van der Waals surface area contributed by atoms with Crippen LogP contribution >= 0.6 is 11.8 Å². The van der Waals surface area contributed by atoms with Gasteiger partial charge in [0.05, 0.1) is 5.75 Å². The summed E-state index contributed by atoms with van der Waals surface area (Å²) in [6.45, 7) is 8.06. The number of thioether (sulfide) groups is 1. The lowest BCUT2D eigenvalue weighted by Gasteiger charge is -2.20. The third-order valence-corrected chi connectivity index (χ3v) is 3.14. The van der Waals surface area contributed by atoms with Gasteiger partial charge in [0.1, 0.15) is 0 Å². The summed E-state index contributed by atoms with van der Waals surface area (Å²) in [4.78, 5) is 11.6. The molecular weight excluding hydrogens is 230 g/mol. The van der Waals surface area contributed by atoms with Gasteiger partial charge in [-0.1, -0.05) is 29.8 Å². The molecule has 0 aliphatic heterocycles. The maximum absolute atomic E-state index is 11.6. The van der Waals surface area contributed by atoms with Crippen molar-refractivity contribution in [1.82, 2.24) is 5.32 Å². The molecule has 17 heavy (non-hydrogen) atoms. The zero-order valence-corrected chi connectivity index (χ0v) is 11.9. The second kappa shape index (κ2) is 6.10. The lowest BCUT2D eigenvalue weighted by molar-refractivity contribution is -0.119. The molecule has 0 saturated carbocycles. The normalized spacial score (nSPS) is 11.3. The molecule has 0 radical (unpaired) electrons. The fraction of sp³-hybridized carbons (Fsp3) is 0.500. The monoisotopic (exact) mass is 251 g/mol. The number of rotatable bonds is 4. The highest BCUT2D eigenvalue weighted by atomic mass is 32.2. The third-order valence-electron chi connectivity index (χ3n) is 2.14. The van der Waals surface area contributed by atoms with Gasteiger partial charge in [0.15, 0.2) is 0 Å². The van der Waals surface area contributed by atoms with E-state index in [9.17, 15) is 4.79 Å². The van der Waals surface area contributed by atoms with E-state index in [1.165, 1.54) is 11.1 Å². The number of hydrogen-bond donors (Lipinski definition) is 1. The van der Waals surface area contributed by atoms with Crippen molar-refractivity contribution in [2.45, 2.75) is 39.0 Å². The highest BCUT2D eigenvalue weighted by molar-refractivity contribution is 7.99. The fourth-order valence-electron chi connectivity index (χ4n) is 1.40. The molecule has 2 nitrogen and oxygen atoms in total. The van der Waals surface area contributed by atoms with E-state index < -0.39 is 0 Å². The Balaban J connectivity index is 2.28. The molecule has 0 fully saturated rings. The Bertz CT molecular complexity index is 365. The number of nitrogens with one attached hydrogen (secondary N) is 1. The maximum Gasteiger partial charge on any atom is 0.230 e. The predicted molar refractivity (Wildman–Crippen MR) is 75.2 cm³/mol. The van der Waals surface area contributed by atoms with Crippen molar-refractivity contribution in [3.05, 3.63) is 35.4 Å². The first kappa shape index (κ1) is 14.1. The van der Waals surface area contributed by atoms with E-state index in [0.29, 0.717) is 5.75 Å². The average molecular weight is 251 g/mol. The minimum atomic E-state index is -0.137. The van der Waals surface area contributed by atoms with Crippen LogP contribution in [0.1, 0.15) is 31.9 Å². The van der Waals surface area contributed by atoms with Crippen molar-refractivity contribution >= 4 is 17.7 Å². The predicted octanol–water partition coefficient (Wildman–Crippen LogP) is 3.14. The van der Waals surface area contributed by atoms with Crippen molar-refractivity contribution in [3.8, 4) is 0 Å². The van der Waals surface area contributed by atoms with E-state index in [2.05, 4.69) is 36.5 Å². The van der Waals surface area contributed by atoms with Gasteiger partial charge in [-0.3, -0.25) is 4.79 Å². The van der Waals surface area contributed by atoms with Gasteiger partial charge in [-0.2, -0.15) is 0 Å². The Morgan fingerprint density at radius 1 is 1.24 bits per heavy atom. The SMILES string of the molecule is Cc1ccc(CSCC(=O)NC(C)(C)C)cc1. The minimum absolute atomic E-state index is 0.106. The van der Waals surface area contributed by atoms with E-state index >= 15 is 0 Å². The van der Waals surface area contributed by atoms with Gasteiger partial charge in [0.2, 0.25) is 5.91 Å². The van der Waals surface area contributed by atoms with Gasteiger partial charge in [-0.05, 0) is 33.3 Å². The van der Waals surface area contributed by atoms with Crippen molar-refractivity contribution in [1.29, 1.82) is 0 Å². The molecule has 0 aromatic heterocycles. The summed E-state index contributed by atoms with van der Waals surface area (Å²) in [5, 5.41) is 2.95. The van der Waals surface area contributed by atoms with Crippen LogP contribution < -0.4 is 5.32 Å². The first-order valence-corrected chi connectivity index (χ1v) is 6.96. The number of amides is 1. The molecule has 0 saturated heterocycles. The van der Waals surface area contributed by atoms with Crippen molar-refractivity contribution in [2.24, 2.45) is 0 Å². The van der Waals surface area contributed by atoms with Crippen LogP contribution in [0.2, 0.25) is 0 Å². The van der Waals surface area contributed by atoms with Gasteiger partial charge in [-0.25, -0.2) is 0 Å². The summed E-state index contributed by atoms with van der Waals surface area (Å²) in [5.74, 6) is 1.51. The van der Waals surface area contributed by atoms with Gasteiger partial charge in [-0.15, -0.1) is 11.8 Å². The smallest absolute Gasteiger partial charge is 0.230 e. The second-order valence-electron chi connectivity index (χ2n) is 5.28. The largest absolute Gasteiger partial charge is 0.351 e. The molecular formula is C14H21NOS. The van der Waals surface area contributed by atoms with E-state index in [1.807, 2.05) is 20.8 Å². The topological polar surface area (TPSA) is 29.1 Å². The van der Waals surface area contributed by atoms with Crippen LogP contribution in [0, 0.1) is 6.92 Å². The molecule has 0 aliphatic rings. The molecule has 0 atom stereocenters. The van der Waals surface area contributed by atoms with E-state index in [-0.39, 0.29) is 11.4 Å². The Hall–Kier alpha value is -0.960. The molecule has 1 rings (SSSR count). The van der Waals surface area contributed by atoms with E-state index in [1.54, 1.807) is 11.8 Å². The molecule has 0 spiro atoms. The molecule has 1 amide bonds. The Labute approximate surface area is 108 Å². The Morgan fingerprint density at radius 2 is 1.82 bits per heavy atom. The van der Waals surface area contributed by atoms with Gasteiger partial charge < -0.3 is 5.32 Å². The number of carbonyl (C=O) groups excluding carboxylic acids is 1. The van der Waals surface area contributed by atoms with Crippen molar-refractivity contribution < 1.29 is 4.79 Å². The lowest BCUT2D eigenvalue weighted by atomic mass is 10.1. The van der Waals surface area contributed by atoms with Gasteiger partial charge in [0, 0.05) is 11.3 Å². The Morgan fingerprint density at radius 3 is 2.35 bits per heavy atom. The van der Waals surface area contributed by atoms with E-state index in [4.69, 9.17) is 0 Å². The highest BCUT2D eigenvalue weighted by Gasteiger charge is 2.13. The van der Waals surface area contributed by atoms with Crippen molar-refractivity contribution in [2.75, 3.05) is 5.75 Å². The third kappa shape index (κ3) is 6.37. The molecule has 94 valence electrons. The van der Waals surface area contributed by atoms with Gasteiger partial charge in [0.25, 0.3) is 0 Å². The molecule has 0 bridgehead atoms. The maximum atomic E-state index is 11.6. The number of carbonyl (C=O) groups is 1. The van der Waals surface area contributed by atoms with Gasteiger partial charge >= 0.3 is 0 Å². The first-order chi connectivity index (χ1) is 7.87. The average Bonchev–Trinajstić information content (AvgIpc) is 2.18. The second-order valence-corrected chi connectivity index (χ2v) is 6.26. The molecule has 0 aliphatic carbocycles. The summed E-state index contributed by atoms with van der Waals surface area (Å²) >= 11 is 1.65. The Kier molecular flexibility index (Phi) is 5.06. The summed E-state index contributed by atoms with van der Waals surface area (Å²) < 4.78 is 0. The van der Waals surface area contributed by atoms with Crippen molar-refractivity contribution in [3.63, 3.8) is 0 Å². The molecule has 1 aromatic rings. The van der Waals surface area contributed by atoms with Crippen LogP contribution in [0.3, 0.4) is 0 Å². The molecule has 0 heterocycles. The van der Waals surface area contributed by atoms with Crippen LogP contribution in [-0.2, 0) is 10.5 Å². The first-order valence-electron chi connectivity index (χ1n) is 5.81. The summed E-state index contributed by atoms with van der Waals surface area (Å²) in [5.41, 5.74) is 2.40. The van der Waals surface area contributed by atoms with Crippen LogP contribution in [-0.4, -0.2) is 17.2 Å². The summed E-state index contributed by atoms with van der Waals surface area (Å²) in [7, 11) is 0. The quantitative estimate of drug-likeness (QED) is 0.890. The zero-order valence-electron chi connectivity index (χ0n) is 11.0. The van der Waals surface area contributed by atoms with Crippen LogP contribution in [0.25, 0.3) is 0 Å². The standard InChI is InChI=1S/C14H21NOS/c1-11-5-7-12(8-6-11)9-17-10-13(16)15-14(2,3)4/h5-8H,9-10H2,1-4H3,(H,15,16). The fourth-order valence-corrected chi connectivity index (χ4v) is 2.19. The number of aryl methyl sites for hydroxylation is 1. The minimum Gasteiger partial charge on any atom is -0.351 e. The molecule has 1 N–H and O–H groups in total. The van der Waals surface area contributed by atoms with Crippen LogP contribution in [0.15, 0.2) is 24.3 Å². The number of benzene rings is 1. The summed E-state index contributed by atoms with van der Waals surface area (Å²) in [6, 6.07) is 8.43. The van der Waals surface area contributed by atoms with Crippen LogP contribution in [0.4, 0.5) is 0 Å². The zero-order chi connectivity index (χ0) is 12.9. The summed E-state index contributed by atoms with van der Waals surface area (Å²) in [6.07, 6.45) is 0. The molecule has 3 heteroatoms. The van der Waals surface area contributed by atoms with Crippen LogP contribution in [0.5, 0.6) is 0 Å².